The van der Waals surface area contributed by atoms with Gasteiger partial charge in [-0.05, 0) is 32.3 Å². The van der Waals surface area contributed by atoms with Crippen molar-refractivity contribution in [1.29, 1.82) is 0 Å². The molecule has 1 heterocycles. The number of hydrogen-bond donors (Lipinski definition) is 5. The van der Waals surface area contributed by atoms with Crippen molar-refractivity contribution in [3.05, 3.63) is 35.9 Å². The van der Waals surface area contributed by atoms with E-state index in [1.54, 1.807) is 24.3 Å². The molecule has 0 unspecified atom stereocenters. The predicted molar refractivity (Wildman–Crippen MR) is 112 cm³/mol. The maximum Gasteiger partial charge on any atom is 0.326 e. The number of likely N-dealkylation sites (tertiary alicyclic amines) is 1. The number of nitrogens with two attached hydrogens (primary N) is 1. The summed E-state index contributed by atoms with van der Waals surface area (Å²) in [5.41, 5.74) is 6.37. The fourth-order valence-electron chi connectivity index (χ4n) is 3.43. The first-order chi connectivity index (χ1) is 14.6. The third-order valence-corrected chi connectivity index (χ3v) is 5.29. The second-order valence-electron chi connectivity index (χ2n) is 7.78. The Morgan fingerprint density at radius 3 is 2.35 bits per heavy atom. The Labute approximate surface area is 180 Å². The van der Waals surface area contributed by atoms with E-state index >= 15 is 0 Å². The number of hydrogen-bond acceptors (Lipinski definition) is 6. The molecule has 10 nitrogen and oxygen atoms in total. The molecule has 10 heteroatoms. The minimum absolute atomic E-state index is 0.169. The Hall–Kier alpha value is -2.98. The molecule has 1 aliphatic rings. The van der Waals surface area contributed by atoms with Crippen LogP contribution >= 0.6 is 0 Å². The Morgan fingerprint density at radius 1 is 1.13 bits per heavy atom. The number of carboxylic acid groups (broad SMARTS) is 1. The summed E-state index contributed by atoms with van der Waals surface area (Å²) in [7, 11) is 0. The lowest BCUT2D eigenvalue weighted by Gasteiger charge is -2.28. The molecule has 5 atom stereocenters. The number of rotatable bonds is 9. The van der Waals surface area contributed by atoms with Crippen LogP contribution < -0.4 is 16.4 Å². The lowest BCUT2D eigenvalue weighted by Crippen LogP contribution is -2.57. The highest BCUT2D eigenvalue weighted by Crippen LogP contribution is 2.19. The summed E-state index contributed by atoms with van der Waals surface area (Å²) in [5.74, 6) is -2.88. The van der Waals surface area contributed by atoms with Gasteiger partial charge in [-0.3, -0.25) is 14.4 Å². The monoisotopic (exact) mass is 434 g/mol. The average Bonchev–Trinajstić information content (AvgIpc) is 3.22. The number of benzene rings is 1. The number of aliphatic carboxylic acids is 1. The molecule has 1 aliphatic heterocycles. The molecule has 0 radical (unpaired) electrons. The van der Waals surface area contributed by atoms with Crippen molar-refractivity contribution < 1.29 is 29.4 Å². The largest absolute Gasteiger partial charge is 0.480 e. The number of carbonyl (C=O) groups excluding carboxylic acids is 3. The van der Waals surface area contributed by atoms with Crippen molar-refractivity contribution in [1.82, 2.24) is 15.5 Å². The van der Waals surface area contributed by atoms with Gasteiger partial charge >= 0.3 is 5.97 Å². The molecule has 0 saturated carbocycles. The summed E-state index contributed by atoms with van der Waals surface area (Å²) in [6.45, 7) is 3.09. The van der Waals surface area contributed by atoms with Crippen molar-refractivity contribution in [2.45, 2.75) is 63.4 Å². The highest BCUT2D eigenvalue weighted by Gasteiger charge is 2.38. The number of amides is 3. The van der Waals surface area contributed by atoms with Crippen LogP contribution in [-0.4, -0.2) is 75.6 Å². The molecular weight excluding hydrogens is 404 g/mol. The first-order valence-corrected chi connectivity index (χ1v) is 10.2. The molecular formula is C21H30N4O6. The van der Waals surface area contributed by atoms with Gasteiger partial charge in [-0.25, -0.2) is 4.79 Å². The summed E-state index contributed by atoms with van der Waals surface area (Å²) >= 11 is 0. The summed E-state index contributed by atoms with van der Waals surface area (Å²) in [4.78, 5) is 50.6. The van der Waals surface area contributed by atoms with Crippen LogP contribution in [0.2, 0.25) is 0 Å². The van der Waals surface area contributed by atoms with Gasteiger partial charge in [0.15, 0.2) is 0 Å². The summed E-state index contributed by atoms with van der Waals surface area (Å²) in [6.07, 6.45) is 0.00266. The number of nitrogens with zero attached hydrogens (tertiary/aromatic N) is 1. The van der Waals surface area contributed by atoms with Crippen molar-refractivity contribution in [3.8, 4) is 0 Å². The highest BCUT2D eigenvalue weighted by molar-refractivity contribution is 5.94. The van der Waals surface area contributed by atoms with Crippen molar-refractivity contribution in [2.24, 2.45) is 5.73 Å². The zero-order valence-electron chi connectivity index (χ0n) is 17.7. The normalized spacial score (nSPS) is 19.7. The van der Waals surface area contributed by atoms with E-state index in [4.69, 9.17) is 5.73 Å². The Kier molecular flexibility index (Phi) is 8.52. The van der Waals surface area contributed by atoms with Gasteiger partial charge in [-0.2, -0.15) is 0 Å². The summed E-state index contributed by atoms with van der Waals surface area (Å²) < 4.78 is 0. The molecule has 1 aromatic rings. The smallest absolute Gasteiger partial charge is 0.326 e. The first-order valence-electron chi connectivity index (χ1n) is 10.2. The second kappa shape index (κ2) is 10.9. The van der Waals surface area contributed by atoms with Gasteiger partial charge in [0.05, 0.1) is 6.10 Å². The second-order valence-corrected chi connectivity index (χ2v) is 7.78. The molecule has 1 aromatic carbocycles. The van der Waals surface area contributed by atoms with Gasteiger partial charge in [0.25, 0.3) is 0 Å². The van der Waals surface area contributed by atoms with Crippen LogP contribution in [0.3, 0.4) is 0 Å². The van der Waals surface area contributed by atoms with Crippen LogP contribution in [0.25, 0.3) is 0 Å². The van der Waals surface area contributed by atoms with E-state index in [1.807, 2.05) is 6.07 Å². The lowest BCUT2D eigenvalue weighted by molar-refractivity contribution is -0.149. The van der Waals surface area contributed by atoms with Crippen molar-refractivity contribution >= 4 is 23.7 Å². The number of carbonyl (C=O) groups is 4. The van der Waals surface area contributed by atoms with Crippen LogP contribution in [0.15, 0.2) is 30.3 Å². The Morgan fingerprint density at radius 2 is 1.77 bits per heavy atom. The summed E-state index contributed by atoms with van der Waals surface area (Å²) in [5, 5.41) is 23.9. The van der Waals surface area contributed by atoms with Gasteiger partial charge in [0.2, 0.25) is 17.7 Å². The van der Waals surface area contributed by atoms with Gasteiger partial charge in [-0.1, -0.05) is 30.3 Å². The van der Waals surface area contributed by atoms with E-state index in [0.29, 0.717) is 19.4 Å². The minimum Gasteiger partial charge on any atom is -0.480 e. The third-order valence-electron chi connectivity index (χ3n) is 5.29. The molecule has 2 rings (SSSR count). The Balaban J connectivity index is 2.14. The molecule has 31 heavy (non-hydrogen) atoms. The zero-order chi connectivity index (χ0) is 23.1. The molecule has 0 bridgehead atoms. The molecule has 1 saturated heterocycles. The van der Waals surface area contributed by atoms with Crippen LogP contribution in [0.1, 0.15) is 32.3 Å². The number of aliphatic hydroxyl groups is 1. The maximum absolute atomic E-state index is 13.2. The quantitative estimate of drug-likeness (QED) is 0.333. The SMILES string of the molecule is C[C@H](NC(=O)[C@@H](N)[C@@H](C)O)C(=O)N[C@@H](Cc1ccccc1)C(=O)N1CCC[C@@H]1C(=O)O. The van der Waals surface area contributed by atoms with E-state index in [0.717, 1.165) is 5.56 Å². The average molecular weight is 434 g/mol. The van der Waals surface area contributed by atoms with E-state index in [1.165, 1.54) is 18.7 Å². The molecule has 170 valence electrons. The fourth-order valence-corrected chi connectivity index (χ4v) is 3.43. The molecule has 3 amide bonds. The number of nitrogens with one attached hydrogen (secondary N) is 2. The minimum atomic E-state index is -1.20. The van der Waals surface area contributed by atoms with Crippen molar-refractivity contribution in [2.75, 3.05) is 6.54 Å². The van der Waals surface area contributed by atoms with Crippen LogP contribution in [0.4, 0.5) is 0 Å². The number of aliphatic hydroxyl groups excluding tert-OH is 1. The fraction of sp³-hybridized carbons (Fsp3) is 0.524. The molecule has 1 fully saturated rings. The van der Waals surface area contributed by atoms with Gasteiger partial charge < -0.3 is 31.5 Å². The molecule has 0 aliphatic carbocycles. The van der Waals surface area contributed by atoms with Crippen LogP contribution in [0, 0.1) is 0 Å². The van der Waals surface area contributed by atoms with E-state index < -0.39 is 54.0 Å². The molecule has 6 N–H and O–H groups in total. The standard InChI is InChI=1S/C21H30N4O6/c1-12(23-19(28)17(22)13(2)26)18(27)24-15(11-14-7-4-3-5-8-14)20(29)25-10-6-9-16(25)21(30)31/h3-5,7-8,12-13,15-17,26H,6,9-11,22H2,1-2H3,(H,23,28)(H,24,27)(H,30,31)/t12-,13+,15-,16+,17-/m0/s1. The van der Waals surface area contributed by atoms with E-state index in [-0.39, 0.29) is 6.42 Å². The van der Waals surface area contributed by atoms with Gasteiger partial charge in [0, 0.05) is 13.0 Å². The zero-order valence-corrected chi connectivity index (χ0v) is 17.7. The van der Waals surface area contributed by atoms with E-state index in [2.05, 4.69) is 10.6 Å². The van der Waals surface area contributed by atoms with E-state index in [9.17, 15) is 29.4 Å². The number of carboxylic acids is 1. The van der Waals surface area contributed by atoms with Gasteiger partial charge in [-0.15, -0.1) is 0 Å². The third kappa shape index (κ3) is 6.50. The van der Waals surface area contributed by atoms with Crippen molar-refractivity contribution in [3.63, 3.8) is 0 Å². The molecule has 0 spiro atoms. The first kappa shape index (κ1) is 24.3. The van der Waals surface area contributed by atoms with Crippen LogP contribution in [-0.2, 0) is 25.6 Å². The Bertz CT molecular complexity index is 800. The van der Waals surface area contributed by atoms with Gasteiger partial charge in [0.1, 0.15) is 24.2 Å². The van der Waals surface area contributed by atoms with Crippen LogP contribution in [0.5, 0.6) is 0 Å². The predicted octanol–water partition coefficient (Wildman–Crippen LogP) is -0.998. The highest BCUT2D eigenvalue weighted by atomic mass is 16.4. The maximum atomic E-state index is 13.2. The topological polar surface area (TPSA) is 162 Å². The lowest BCUT2D eigenvalue weighted by atomic mass is 10.0. The summed E-state index contributed by atoms with van der Waals surface area (Å²) in [6, 6.07) is 4.89. The molecule has 0 aromatic heterocycles.